The Morgan fingerprint density at radius 2 is 1.00 bits per heavy atom. The van der Waals surface area contributed by atoms with Crippen LogP contribution in [-0.4, -0.2) is 0 Å². The van der Waals surface area contributed by atoms with Crippen LogP contribution in [0.1, 0.15) is 111 Å². The van der Waals surface area contributed by atoms with Gasteiger partial charge in [-0.1, -0.05) is 56.0 Å². The highest BCUT2D eigenvalue weighted by atomic mass is 32.2. The molecule has 1 heteroatoms. The fourth-order valence-electron chi connectivity index (χ4n) is 7.92. The second-order valence-electron chi connectivity index (χ2n) is 12.9. The second-order valence-corrected chi connectivity index (χ2v) is 13.9. The Balaban J connectivity index is 1.93. The van der Waals surface area contributed by atoms with Crippen LogP contribution in [0.15, 0.2) is 34.6 Å². The third-order valence-electron chi connectivity index (χ3n) is 11.0. The van der Waals surface area contributed by atoms with E-state index in [2.05, 4.69) is 119 Å². The number of hydrogen-bond donors (Lipinski definition) is 0. The highest BCUT2D eigenvalue weighted by Gasteiger charge is 2.47. The average molecular weight is 531 g/mol. The van der Waals surface area contributed by atoms with Gasteiger partial charge in [-0.25, -0.2) is 0 Å². The van der Waals surface area contributed by atoms with Crippen LogP contribution in [0.3, 0.4) is 0 Å². The quantitative estimate of drug-likeness (QED) is 0.278. The topological polar surface area (TPSA) is 0 Å². The first kappa shape index (κ1) is 26.5. The minimum Gasteiger partial charge on any atom is -0.0974 e. The first-order valence-corrected chi connectivity index (χ1v) is 15.3. The molecule has 0 radical (unpaired) electrons. The van der Waals surface area contributed by atoms with Crippen LogP contribution in [0.2, 0.25) is 0 Å². The van der Waals surface area contributed by atoms with Crippen molar-refractivity contribution in [2.24, 2.45) is 0 Å². The Morgan fingerprint density at radius 3 is 1.51 bits per heavy atom. The van der Waals surface area contributed by atoms with E-state index in [0.29, 0.717) is 0 Å². The second kappa shape index (κ2) is 8.37. The van der Waals surface area contributed by atoms with Crippen LogP contribution in [0.4, 0.5) is 0 Å². The summed E-state index contributed by atoms with van der Waals surface area (Å²) < 4.78 is 0. The lowest BCUT2D eigenvalue weighted by molar-refractivity contribution is 0.675. The Bertz CT molecular complexity index is 1650. The lowest BCUT2D eigenvalue weighted by atomic mass is 9.62. The Labute approximate surface area is 240 Å². The maximum Gasteiger partial charge on any atom is 0.0668 e. The van der Waals surface area contributed by atoms with Crippen molar-refractivity contribution in [1.29, 1.82) is 0 Å². The Kier molecular flexibility index (Phi) is 5.68. The smallest absolute Gasteiger partial charge is 0.0668 e. The summed E-state index contributed by atoms with van der Waals surface area (Å²) in [6.07, 6.45) is 7.33. The third-order valence-corrected chi connectivity index (χ3v) is 11.9. The van der Waals surface area contributed by atoms with E-state index in [4.69, 9.17) is 0 Å². The molecular weight excluding hydrogens is 488 g/mol. The number of rotatable bonds is 0. The molecule has 2 aliphatic carbocycles. The predicted molar refractivity (Wildman–Crippen MR) is 172 cm³/mol. The van der Waals surface area contributed by atoms with Crippen LogP contribution in [-0.2, 0) is 10.8 Å². The normalized spacial score (nSPS) is 17.7. The van der Waals surface area contributed by atoms with Crippen LogP contribution >= 0.6 is 11.8 Å². The Hall–Kier alpha value is -2.77. The zero-order valence-electron chi connectivity index (χ0n) is 25.9. The molecule has 0 saturated carbocycles. The lowest BCUT2D eigenvalue weighted by Gasteiger charge is -2.42. The summed E-state index contributed by atoms with van der Waals surface area (Å²) in [4.78, 5) is 1.43. The van der Waals surface area contributed by atoms with E-state index in [1.165, 1.54) is 99.5 Å². The maximum absolute atomic E-state index is 2.56. The van der Waals surface area contributed by atoms with E-state index in [1.807, 2.05) is 11.8 Å². The van der Waals surface area contributed by atoms with Crippen molar-refractivity contribution in [3.8, 4) is 0 Å². The Morgan fingerprint density at radius 1 is 0.538 bits per heavy atom. The molecule has 0 saturated heterocycles. The molecule has 6 rings (SSSR count). The first-order chi connectivity index (χ1) is 18.3. The van der Waals surface area contributed by atoms with Gasteiger partial charge >= 0.3 is 0 Å². The monoisotopic (exact) mass is 530 g/mol. The summed E-state index contributed by atoms with van der Waals surface area (Å²) in [7, 11) is 0. The third kappa shape index (κ3) is 3.14. The number of thioether (sulfide) groups is 1. The molecule has 1 heterocycles. The van der Waals surface area contributed by atoms with Gasteiger partial charge in [-0.05, 0) is 169 Å². The number of hydrogen-bond acceptors (Lipinski definition) is 1. The van der Waals surface area contributed by atoms with Crippen molar-refractivity contribution < 1.29 is 0 Å². The van der Waals surface area contributed by atoms with Crippen LogP contribution in [0, 0.1) is 55.4 Å². The molecule has 1 spiro atoms. The lowest BCUT2D eigenvalue weighted by Crippen LogP contribution is -2.34. The van der Waals surface area contributed by atoms with E-state index >= 15 is 0 Å². The molecule has 0 amide bonds. The highest BCUT2D eigenvalue weighted by Crippen LogP contribution is 2.59. The maximum atomic E-state index is 2.56. The molecule has 1 aliphatic heterocycles. The van der Waals surface area contributed by atoms with Crippen molar-refractivity contribution in [1.82, 2.24) is 0 Å². The molecule has 3 aromatic rings. The summed E-state index contributed by atoms with van der Waals surface area (Å²) in [6, 6.07) is 4.91. The molecule has 0 nitrogen and oxygen atoms in total. The van der Waals surface area contributed by atoms with Gasteiger partial charge in [0.05, 0.1) is 5.41 Å². The molecule has 39 heavy (non-hydrogen) atoms. The van der Waals surface area contributed by atoms with Gasteiger partial charge in [0.2, 0.25) is 0 Å². The zero-order chi connectivity index (χ0) is 28.3. The van der Waals surface area contributed by atoms with Crippen molar-refractivity contribution >= 4 is 29.0 Å². The molecule has 0 fully saturated rings. The van der Waals surface area contributed by atoms with Crippen molar-refractivity contribution in [2.75, 3.05) is 0 Å². The predicted octanol–water partition coefficient (Wildman–Crippen LogP) is 10.7. The minimum absolute atomic E-state index is 0.0632. The van der Waals surface area contributed by atoms with E-state index in [9.17, 15) is 0 Å². The van der Waals surface area contributed by atoms with Gasteiger partial charge in [0.25, 0.3) is 0 Å². The van der Waals surface area contributed by atoms with E-state index in [1.54, 1.807) is 0 Å². The molecule has 3 aromatic carbocycles. The molecule has 0 N–H and O–H groups in total. The number of fused-ring (bicyclic) bond motifs is 8. The number of allylic oxidation sites excluding steroid dienone is 4. The van der Waals surface area contributed by atoms with Crippen LogP contribution < -0.4 is 0 Å². The van der Waals surface area contributed by atoms with Gasteiger partial charge in [0.15, 0.2) is 0 Å². The molecule has 0 bridgehead atoms. The fourth-order valence-corrected chi connectivity index (χ4v) is 8.99. The summed E-state index contributed by atoms with van der Waals surface area (Å²) in [6.45, 7) is 28.2. The van der Waals surface area contributed by atoms with Crippen molar-refractivity contribution in [3.05, 3.63) is 113 Å². The van der Waals surface area contributed by atoms with E-state index in [-0.39, 0.29) is 10.8 Å². The molecule has 3 aliphatic rings. The largest absolute Gasteiger partial charge is 0.0974 e. The van der Waals surface area contributed by atoms with Gasteiger partial charge in [0.1, 0.15) is 0 Å². The SMILES string of the molecule is CC1=C(C)c2c(C)c(C)c(C)c(C)c2C2(C=CSc3c2ccc2c3C=CC2(C)C)c2c(C)c(C)c(C)c(C)c21. The molecule has 200 valence electrons. The van der Waals surface area contributed by atoms with E-state index in [0.717, 1.165) is 0 Å². The molecular formula is C38H42S. The molecule has 0 atom stereocenters. The summed E-state index contributed by atoms with van der Waals surface area (Å²) in [5, 5.41) is 2.40. The standard InChI is InChI=1S/C38H42S/c1-19-21(3)27(9)34-32(23(19)5)25(7)26(8)33-24(6)20(2)22(4)28(10)35(33)38(34)17-18-39-36-29-15-16-37(11,12)30(29)13-14-31(36)38/h13-18H,1-12H3. The van der Waals surface area contributed by atoms with Gasteiger partial charge in [-0.2, -0.15) is 0 Å². The van der Waals surface area contributed by atoms with Crippen molar-refractivity contribution in [2.45, 2.75) is 98.8 Å². The van der Waals surface area contributed by atoms with E-state index < -0.39 is 0 Å². The summed E-state index contributed by atoms with van der Waals surface area (Å²) in [5.41, 5.74) is 24.2. The number of benzene rings is 3. The summed E-state index contributed by atoms with van der Waals surface area (Å²) >= 11 is 1.91. The van der Waals surface area contributed by atoms with Crippen LogP contribution in [0.25, 0.3) is 17.2 Å². The van der Waals surface area contributed by atoms with Gasteiger partial charge in [-0.3, -0.25) is 0 Å². The molecule has 0 unspecified atom stereocenters. The van der Waals surface area contributed by atoms with Crippen LogP contribution in [0.5, 0.6) is 0 Å². The summed E-state index contributed by atoms with van der Waals surface area (Å²) in [5.74, 6) is 0. The van der Waals surface area contributed by atoms with Gasteiger partial charge in [0, 0.05) is 10.3 Å². The van der Waals surface area contributed by atoms with Gasteiger partial charge in [-0.15, -0.1) is 0 Å². The minimum atomic E-state index is -0.361. The van der Waals surface area contributed by atoms with Gasteiger partial charge < -0.3 is 0 Å². The molecule has 0 aromatic heterocycles. The zero-order valence-corrected chi connectivity index (χ0v) is 26.7. The first-order valence-electron chi connectivity index (χ1n) is 14.4. The average Bonchev–Trinajstić information content (AvgIpc) is 3.19. The fraction of sp³-hybridized carbons (Fsp3) is 0.368. The highest BCUT2D eigenvalue weighted by molar-refractivity contribution is 8.02. The van der Waals surface area contributed by atoms with Crippen molar-refractivity contribution in [3.63, 3.8) is 0 Å².